The van der Waals surface area contributed by atoms with Gasteiger partial charge in [0.2, 0.25) is 0 Å². The van der Waals surface area contributed by atoms with Crippen LogP contribution in [0.25, 0.3) is 0 Å². The van der Waals surface area contributed by atoms with Crippen LogP contribution in [0, 0.1) is 5.92 Å². The van der Waals surface area contributed by atoms with Gasteiger partial charge >= 0.3 is 0 Å². The molecule has 21 heavy (non-hydrogen) atoms. The highest BCUT2D eigenvalue weighted by atomic mass is 16.8. The van der Waals surface area contributed by atoms with Crippen LogP contribution in [-0.2, 0) is 18.9 Å². The van der Waals surface area contributed by atoms with Gasteiger partial charge < -0.3 is 18.9 Å². The molecule has 4 atom stereocenters. The molecule has 2 heterocycles. The Labute approximate surface area is 126 Å². The lowest BCUT2D eigenvalue weighted by atomic mass is 9.75. The average Bonchev–Trinajstić information content (AvgIpc) is 3.01. The second-order valence-corrected chi connectivity index (χ2v) is 7.36. The van der Waals surface area contributed by atoms with Gasteiger partial charge in [0.25, 0.3) is 0 Å². The maximum Gasteiger partial charge on any atom is 0.163 e. The first-order valence-corrected chi connectivity index (χ1v) is 7.91. The summed E-state index contributed by atoms with van der Waals surface area (Å²) in [6.45, 7) is 8.56. The Morgan fingerprint density at radius 2 is 1.71 bits per heavy atom. The van der Waals surface area contributed by atoms with Crippen LogP contribution in [0.2, 0.25) is 0 Å². The van der Waals surface area contributed by atoms with Gasteiger partial charge in [0.1, 0.15) is 0 Å². The molecule has 2 saturated heterocycles. The SMILES string of the molecule is CC1(C)O[C@H]2[C@H]([C@H]3COC(C)(C)O3)C3=CCC=C3C[C@H]2O1. The Bertz CT molecular complexity index is 517. The summed E-state index contributed by atoms with van der Waals surface area (Å²) in [6.07, 6.45) is 6.82. The van der Waals surface area contributed by atoms with Crippen LogP contribution in [0.15, 0.2) is 23.3 Å². The van der Waals surface area contributed by atoms with Gasteiger partial charge in [-0.2, -0.15) is 0 Å². The lowest BCUT2D eigenvalue weighted by Crippen LogP contribution is -2.44. The minimum absolute atomic E-state index is 0.0399. The molecule has 1 saturated carbocycles. The number of ether oxygens (including phenoxy) is 4. The molecule has 116 valence electrons. The molecule has 0 aromatic heterocycles. The summed E-state index contributed by atoms with van der Waals surface area (Å²) in [5.74, 6) is -0.807. The number of hydrogen-bond acceptors (Lipinski definition) is 4. The fourth-order valence-corrected chi connectivity index (χ4v) is 4.15. The van der Waals surface area contributed by atoms with Gasteiger partial charge in [0.15, 0.2) is 11.6 Å². The fraction of sp³-hybridized carbons (Fsp3) is 0.765. The molecule has 4 aliphatic rings. The smallest absolute Gasteiger partial charge is 0.163 e. The standard InChI is InChI=1S/C17H24O4/c1-16(2)18-9-13(20-16)14-11-7-5-6-10(11)8-12-15(14)21-17(3,4)19-12/h6-7,12-15H,5,8-9H2,1-4H3/t12-,13-,14+,15-/m1/s1. The monoisotopic (exact) mass is 292 g/mol. The molecule has 3 fully saturated rings. The largest absolute Gasteiger partial charge is 0.348 e. The zero-order valence-electron chi connectivity index (χ0n) is 13.2. The van der Waals surface area contributed by atoms with Gasteiger partial charge in [0, 0.05) is 12.3 Å². The first-order valence-electron chi connectivity index (χ1n) is 7.91. The van der Waals surface area contributed by atoms with E-state index in [4.69, 9.17) is 18.9 Å². The zero-order valence-corrected chi connectivity index (χ0v) is 13.2. The maximum atomic E-state index is 6.23. The van der Waals surface area contributed by atoms with Crippen LogP contribution in [0.3, 0.4) is 0 Å². The van der Waals surface area contributed by atoms with Crippen LogP contribution in [0.5, 0.6) is 0 Å². The van der Waals surface area contributed by atoms with Crippen LogP contribution >= 0.6 is 0 Å². The van der Waals surface area contributed by atoms with Crippen molar-refractivity contribution in [2.75, 3.05) is 6.61 Å². The van der Waals surface area contributed by atoms with Gasteiger partial charge in [-0.15, -0.1) is 0 Å². The van der Waals surface area contributed by atoms with Crippen LogP contribution < -0.4 is 0 Å². The van der Waals surface area contributed by atoms with Crippen LogP contribution in [0.1, 0.15) is 40.5 Å². The second kappa shape index (κ2) is 4.42. The van der Waals surface area contributed by atoms with Crippen molar-refractivity contribution in [2.24, 2.45) is 5.92 Å². The third-order valence-electron chi connectivity index (χ3n) is 4.86. The molecule has 4 nitrogen and oxygen atoms in total. The summed E-state index contributed by atoms with van der Waals surface area (Å²) in [5.41, 5.74) is 2.81. The van der Waals surface area contributed by atoms with Gasteiger partial charge in [0.05, 0.1) is 24.9 Å². The Morgan fingerprint density at radius 3 is 2.43 bits per heavy atom. The van der Waals surface area contributed by atoms with Gasteiger partial charge in [-0.3, -0.25) is 0 Å². The van der Waals surface area contributed by atoms with E-state index in [2.05, 4.69) is 12.2 Å². The summed E-state index contributed by atoms with van der Waals surface area (Å²) in [7, 11) is 0. The topological polar surface area (TPSA) is 36.9 Å². The molecule has 2 aliphatic carbocycles. The lowest BCUT2D eigenvalue weighted by molar-refractivity contribution is -0.162. The third kappa shape index (κ3) is 2.29. The van der Waals surface area contributed by atoms with E-state index in [9.17, 15) is 0 Å². The highest BCUT2D eigenvalue weighted by Gasteiger charge is 2.54. The van der Waals surface area contributed by atoms with Gasteiger partial charge in [-0.1, -0.05) is 12.2 Å². The highest BCUT2D eigenvalue weighted by molar-refractivity contribution is 5.43. The van der Waals surface area contributed by atoms with Gasteiger partial charge in [-0.25, -0.2) is 0 Å². The van der Waals surface area contributed by atoms with E-state index < -0.39 is 11.6 Å². The van der Waals surface area contributed by atoms with E-state index in [1.807, 2.05) is 27.7 Å². The molecule has 4 heteroatoms. The van der Waals surface area contributed by atoms with E-state index in [0.717, 1.165) is 12.8 Å². The van der Waals surface area contributed by atoms with Crippen LogP contribution in [0.4, 0.5) is 0 Å². The fourth-order valence-electron chi connectivity index (χ4n) is 4.15. The molecule has 0 unspecified atom stereocenters. The molecule has 0 N–H and O–H groups in total. The third-order valence-corrected chi connectivity index (χ3v) is 4.86. The number of fused-ring (bicyclic) bond motifs is 2. The molecule has 0 aromatic carbocycles. The van der Waals surface area contributed by atoms with E-state index in [0.29, 0.717) is 6.61 Å². The molecular weight excluding hydrogens is 268 g/mol. The minimum Gasteiger partial charge on any atom is -0.348 e. The molecule has 0 spiro atoms. The van der Waals surface area contributed by atoms with Crippen molar-refractivity contribution >= 4 is 0 Å². The van der Waals surface area contributed by atoms with Crippen molar-refractivity contribution in [2.45, 2.75) is 70.4 Å². The molecule has 4 rings (SSSR count). The number of allylic oxidation sites excluding steroid dienone is 2. The molecule has 0 aromatic rings. The van der Waals surface area contributed by atoms with E-state index >= 15 is 0 Å². The van der Waals surface area contributed by atoms with Crippen LogP contribution in [-0.4, -0.2) is 36.5 Å². The minimum atomic E-state index is -0.512. The van der Waals surface area contributed by atoms with Crippen molar-refractivity contribution in [3.05, 3.63) is 23.3 Å². The zero-order chi connectivity index (χ0) is 14.8. The average molecular weight is 292 g/mol. The molecule has 0 bridgehead atoms. The van der Waals surface area contributed by atoms with Crippen molar-refractivity contribution < 1.29 is 18.9 Å². The van der Waals surface area contributed by atoms with Crippen molar-refractivity contribution in [3.8, 4) is 0 Å². The number of hydrogen-bond donors (Lipinski definition) is 0. The van der Waals surface area contributed by atoms with Crippen molar-refractivity contribution in [1.82, 2.24) is 0 Å². The van der Waals surface area contributed by atoms with Gasteiger partial charge in [-0.05, 0) is 45.3 Å². The summed E-state index contributed by atoms with van der Waals surface area (Å²) in [6, 6.07) is 0. The molecule has 0 amide bonds. The predicted molar refractivity (Wildman–Crippen MR) is 77.6 cm³/mol. The predicted octanol–water partition coefficient (Wildman–Crippen LogP) is 2.93. The van der Waals surface area contributed by atoms with E-state index in [-0.39, 0.29) is 24.2 Å². The van der Waals surface area contributed by atoms with Crippen molar-refractivity contribution in [1.29, 1.82) is 0 Å². The van der Waals surface area contributed by atoms with E-state index in [1.165, 1.54) is 11.1 Å². The summed E-state index contributed by atoms with van der Waals surface area (Å²) >= 11 is 0. The molecule has 2 aliphatic heterocycles. The quantitative estimate of drug-likeness (QED) is 0.744. The molecule has 0 radical (unpaired) electrons. The Kier molecular flexibility index (Phi) is 2.93. The Hall–Kier alpha value is -0.680. The highest BCUT2D eigenvalue weighted by Crippen LogP contribution is 2.49. The summed E-state index contributed by atoms with van der Waals surface area (Å²) in [4.78, 5) is 0. The molecular formula is C17H24O4. The summed E-state index contributed by atoms with van der Waals surface area (Å²) in [5, 5.41) is 0. The van der Waals surface area contributed by atoms with Crippen molar-refractivity contribution in [3.63, 3.8) is 0 Å². The summed E-state index contributed by atoms with van der Waals surface area (Å²) < 4.78 is 24.3. The first-order chi connectivity index (χ1) is 9.85. The number of rotatable bonds is 1. The van der Waals surface area contributed by atoms with E-state index in [1.54, 1.807) is 0 Å². The maximum absolute atomic E-state index is 6.23. The first kappa shape index (κ1) is 13.9. The Balaban J connectivity index is 1.67. The lowest BCUT2D eigenvalue weighted by Gasteiger charge is -2.37. The Morgan fingerprint density at radius 1 is 0.952 bits per heavy atom. The normalized spacial score (nSPS) is 43.2. The second-order valence-electron chi connectivity index (χ2n) is 7.36.